The van der Waals surface area contributed by atoms with Gasteiger partial charge in [0.05, 0.1) is 5.56 Å². The summed E-state index contributed by atoms with van der Waals surface area (Å²) in [5, 5.41) is 4.89. The van der Waals surface area contributed by atoms with Crippen LogP contribution in [-0.4, -0.2) is 47.0 Å². The molecule has 0 unspecified atom stereocenters. The summed E-state index contributed by atoms with van der Waals surface area (Å²) in [5.41, 5.74) is 1.54. The van der Waals surface area contributed by atoms with Crippen molar-refractivity contribution in [3.63, 3.8) is 0 Å². The number of anilines is 2. The maximum absolute atomic E-state index is 12.9. The van der Waals surface area contributed by atoms with Gasteiger partial charge in [-0.25, -0.2) is 9.97 Å². The Balaban J connectivity index is 1.35. The molecule has 160 valence electrons. The van der Waals surface area contributed by atoms with Gasteiger partial charge in [-0.3, -0.25) is 9.78 Å². The van der Waals surface area contributed by atoms with E-state index in [0.717, 1.165) is 54.2 Å². The standard InChI is InChI=1S/C25H24N6O/c32-25(29-17-19-6-5-10-26-16-19)22-18-28-24(21-8-2-1-7-20(21)22)31-14-12-30(13-15-31)23-9-3-4-11-27-23/h1-11,16,18H,12-15,17H2,(H,29,32). The fraction of sp³-hybridized carbons (Fsp3) is 0.200. The van der Waals surface area contributed by atoms with Crippen molar-refractivity contribution >= 4 is 28.3 Å². The molecule has 0 bridgehead atoms. The van der Waals surface area contributed by atoms with Gasteiger partial charge in [0.2, 0.25) is 0 Å². The van der Waals surface area contributed by atoms with Gasteiger partial charge in [0.25, 0.3) is 5.91 Å². The molecule has 0 aliphatic carbocycles. The van der Waals surface area contributed by atoms with E-state index in [9.17, 15) is 4.79 Å². The highest BCUT2D eigenvalue weighted by Crippen LogP contribution is 2.28. The van der Waals surface area contributed by atoms with E-state index in [2.05, 4.69) is 25.1 Å². The highest BCUT2D eigenvalue weighted by molar-refractivity contribution is 6.09. The molecule has 1 amide bonds. The molecule has 7 heteroatoms. The Labute approximate surface area is 186 Å². The number of benzene rings is 1. The fourth-order valence-electron chi connectivity index (χ4n) is 4.08. The Kier molecular flexibility index (Phi) is 5.61. The molecular weight excluding hydrogens is 400 g/mol. The largest absolute Gasteiger partial charge is 0.353 e. The highest BCUT2D eigenvalue weighted by Gasteiger charge is 2.22. The summed E-state index contributed by atoms with van der Waals surface area (Å²) in [6.07, 6.45) is 7.00. The first-order chi connectivity index (χ1) is 15.8. The Morgan fingerprint density at radius 2 is 1.59 bits per heavy atom. The van der Waals surface area contributed by atoms with E-state index in [0.29, 0.717) is 12.1 Å². The maximum atomic E-state index is 12.9. The van der Waals surface area contributed by atoms with Gasteiger partial charge in [0.15, 0.2) is 0 Å². The van der Waals surface area contributed by atoms with Crippen LogP contribution in [-0.2, 0) is 6.54 Å². The molecule has 1 aliphatic rings. The van der Waals surface area contributed by atoms with Gasteiger partial charge in [0.1, 0.15) is 11.6 Å². The molecule has 0 spiro atoms. The second-order valence-corrected chi connectivity index (χ2v) is 7.75. The van der Waals surface area contributed by atoms with Crippen LogP contribution in [0.1, 0.15) is 15.9 Å². The lowest BCUT2D eigenvalue weighted by atomic mass is 10.1. The molecule has 0 radical (unpaired) electrons. The summed E-state index contributed by atoms with van der Waals surface area (Å²) in [5.74, 6) is 1.79. The minimum absolute atomic E-state index is 0.135. The Bertz CT molecular complexity index is 1210. The van der Waals surface area contributed by atoms with E-state index < -0.39 is 0 Å². The molecule has 0 saturated carbocycles. The lowest BCUT2D eigenvalue weighted by molar-refractivity contribution is 0.0952. The first kappa shape index (κ1) is 19.9. The van der Waals surface area contributed by atoms with E-state index in [4.69, 9.17) is 4.98 Å². The monoisotopic (exact) mass is 424 g/mol. The molecule has 1 aromatic carbocycles. The van der Waals surface area contributed by atoms with Crippen LogP contribution in [0.25, 0.3) is 10.8 Å². The van der Waals surface area contributed by atoms with Crippen LogP contribution < -0.4 is 15.1 Å². The summed E-state index contributed by atoms with van der Waals surface area (Å²) in [6.45, 7) is 3.87. The molecule has 7 nitrogen and oxygen atoms in total. The first-order valence-electron chi connectivity index (χ1n) is 10.8. The number of amides is 1. The third kappa shape index (κ3) is 4.09. The second kappa shape index (κ2) is 9.01. The molecule has 1 fully saturated rings. The number of carbonyl (C=O) groups excluding carboxylic acids is 1. The SMILES string of the molecule is O=C(NCc1cccnc1)c1cnc(N2CCN(c3ccccn3)CC2)c2ccccc12. The van der Waals surface area contributed by atoms with Crippen molar-refractivity contribution in [3.05, 3.63) is 90.5 Å². The zero-order valence-electron chi connectivity index (χ0n) is 17.7. The summed E-state index contributed by atoms with van der Waals surface area (Å²) in [7, 11) is 0. The number of carbonyl (C=O) groups is 1. The van der Waals surface area contributed by atoms with Crippen molar-refractivity contribution in [2.45, 2.75) is 6.54 Å². The van der Waals surface area contributed by atoms with Crippen LogP contribution in [0.3, 0.4) is 0 Å². The number of nitrogens with zero attached hydrogens (tertiary/aromatic N) is 5. The Morgan fingerprint density at radius 3 is 2.34 bits per heavy atom. The number of nitrogens with one attached hydrogen (secondary N) is 1. The Morgan fingerprint density at radius 1 is 0.812 bits per heavy atom. The smallest absolute Gasteiger partial charge is 0.253 e. The van der Waals surface area contributed by atoms with Crippen LogP contribution in [0.5, 0.6) is 0 Å². The van der Waals surface area contributed by atoms with Gasteiger partial charge in [-0.2, -0.15) is 0 Å². The van der Waals surface area contributed by atoms with E-state index in [1.807, 2.05) is 60.8 Å². The maximum Gasteiger partial charge on any atom is 0.253 e. The normalized spacial score (nSPS) is 13.9. The topological polar surface area (TPSA) is 74.2 Å². The van der Waals surface area contributed by atoms with Crippen LogP contribution in [0.2, 0.25) is 0 Å². The lowest BCUT2D eigenvalue weighted by Crippen LogP contribution is -2.47. The van der Waals surface area contributed by atoms with E-state index in [1.54, 1.807) is 18.6 Å². The average Bonchev–Trinajstić information content (AvgIpc) is 2.88. The number of fused-ring (bicyclic) bond motifs is 1. The number of rotatable bonds is 5. The molecule has 0 atom stereocenters. The van der Waals surface area contributed by atoms with Crippen molar-refractivity contribution in [1.82, 2.24) is 20.3 Å². The minimum Gasteiger partial charge on any atom is -0.353 e. The molecule has 5 rings (SSSR count). The third-order valence-corrected chi connectivity index (χ3v) is 5.75. The van der Waals surface area contributed by atoms with Crippen LogP contribution in [0.4, 0.5) is 11.6 Å². The predicted molar refractivity (Wildman–Crippen MR) is 126 cm³/mol. The van der Waals surface area contributed by atoms with Crippen LogP contribution in [0.15, 0.2) is 79.4 Å². The molecule has 32 heavy (non-hydrogen) atoms. The van der Waals surface area contributed by atoms with Gasteiger partial charge >= 0.3 is 0 Å². The summed E-state index contributed by atoms with van der Waals surface area (Å²) in [4.78, 5) is 30.8. The van der Waals surface area contributed by atoms with E-state index in [-0.39, 0.29) is 5.91 Å². The number of hydrogen-bond acceptors (Lipinski definition) is 6. The minimum atomic E-state index is -0.135. The molecular formula is C25H24N6O. The summed E-state index contributed by atoms with van der Waals surface area (Å²) >= 11 is 0. The summed E-state index contributed by atoms with van der Waals surface area (Å²) < 4.78 is 0. The van der Waals surface area contributed by atoms with E-state index >= 15 is 0 Å². The quantitative estimate of drug-likeness (QED) is 0.530. The van der Waals surface area contributed by atoms with Crippen molar-refractivity contribution < 1.29 is 4.79 Å². The molecule has 3 aromatic heterocycles. The molecule has 1 saturated heterocycles. The van der Waals surface area contributed by atoms with Crippen molar-refractivity contribution in [2.24, 2.45) is 0 Å². The first-order valence-corrected chi connectivity index (χ1v) is 10.8. The third-order valence-electron chi connectivity index (χ3n) is 5.75. The zero-order valence-corrected chi connectivity index (χ0v) is 17.7. The van der Waals surface area contributed by atoms with E-state index in [1.165, 1.54) is 0 Å². The highest BCUT2D eigenvalue weighted by atomic mass is 16.1. The summed E-state index contributed by atoms with van der Waals surface area (Å²) in [6, 6.07) is 17.8. The van der Waals surface area contributed by atoms with Crippen molar-refractivity contribution in [1.29, 1.82) is 0 Å². The number of pyridine rings is 3. The fourth-order valence-corrected chi connectivity index (χ4v) is 4.08. The van der Waals surface area contributed by atoms with Crippen molar-refractivity contribution in [2.75, 3.05) is 36.0 Å². The Hall–Kier alpha value is -4.00. The molecule has 1 aliphatic heterocycles. The molecule has 4 aromatic rings. The number of piperazine rings is 1. The second-order valence-electron chi connectivity index (χ2n) is 7.75. The van der Waals surface area contributed by atoms with Gasteiger partial charge in [0, 0.05) is 62.9 Å². The predicted octanol–water partition coefficient (Wildman–Crippen LogP) is 3.28. The zero-order chi connectivity index (χ0) is 21.8. The van der Waals surface area contributed by atoms with Gasteiger partial charge < -0.3 is 15.1 Å². The van der Waals surface area contributed by atoms with Crippen LogP contribution in [0, 0.1) is 0 Å². The number of hydrogen-bond donors (Lipinski definition) is 1. The lowest BCUT2D eigenvalue weighted by Gasteiger charge is -2.36. The average molecular weight is 425 g/mol. The molecule has 1 N–H and O–H groups in total. The van der Waals surface area contributed by atoms with Gasteiger partial charge in [-0.15, -0.1) is 0 Å². The number of aromatic nitrogens is 3. The molecule has 4 heterocycles. The van der Waals surface area contributed by atoms with Gasteiger partial charge in [-0.05, 0) is 29.1 Å². The van der Waals surface area contributed by atoms with Crippen LogP contribution >= 0.6 is 0 Å². The van der Waals surface area contributed by atoms with Gasteiger partial charge in [-0.1, -0.05) is 36.4 Å². The van der Waals surface area contributed by atoms with Crippen molar-refractivity contribution in [3.8, 4) is 0 Å².